The first-order valence-corrected chi connectivity index (χ1v) is 7.43. The molecular formula is C15H18ClN3O3. The third-order valence-corrected chi connectivity index (χ3v) is 3.89. The topological polar surface area (TPSA) is 78.5 Å². The molecule has 0 spiro atoms. The lowest BCUT2D eigenvalue weighted by molar-refractivity contribution is -0.134. The molecule has 1 aliphatic heterocycles. The lowest BCUT2D eigenvalue weighted by Gasteiger charge is -2.23. The molecule has 7 heteroatoms. The summed E-state index contributed by atoms with van der Waals surface area (Å²) in [6, 6.07) is 6.22. The minimum absolute atomic E-state index is 0.301. The smallest absolute Gasteiger partial charge is 0.325 e. The van der Waals surface area contributed by atoms with Gasteiger partial charge in [-0.05, 0) is 19.4 Å². The summed E-state index contributed by atoms with van der Waals surface area (Å²) in [5.74, 6) is -0.856. The van der Waals surface area contributed by atoms with Crippen LogP contribution in [0.1, 0.15) is 25.8 Å². The molecule has 0 bridgehead atoms. The van der Waals surface area contributed by atoms with Crippen molar-refractivity contribution >= 4 is 29.4 Å². The summed E-state index contributed by atoms with van der Waals surface area (Å²) in [6.45, 7) is 3.70. The zero-order valence-corrected chi connectivity index (χ0v) is 13.2. The van der Waals surface area contributed by atoms with Gasteiger partial charge in [-0.3, -0.25) is 14.5 Å². The number of hydrogen-bond acceptors (Lipinski definition) is 3. The fraction of sp³-hybridized carbons (Fsp3) is 0.400. The quantitative estimate of drug-likeness (QED) is 0.808. The summed E-state index contributed by atoms with van der Waals surface area (Å²) in [7, 11) is 0. The van der Waals surface area contributed by atoms with E-state index < -0.39 is 17.5 Å². The van der Waals surface area contributed by atoms with E-state index in [2.05, 4.69) is 10.6 Å². The van der Waals surface area contributed by atoms with E-state index in [0.29, 0.717) is 17.1 Å². The lowest BCUT2D eigenvalue weighted by atomic mass is 9.92. The second-order valence-electron chi connectivity index (χ2n) is 5.28. The predicted molar refractivity (Wildman–Crippen MR) is 82.3 cm³/mol. The highest BCUT2D eigenvalue weighted by molar-refractivity contribution is 6.32. The largest absolute Gasteiger partial charge is 0.355 e. The highest BCUT2D eigenvalue weighted by Gasteiger charge is 2.50. The Morgan fingerprint density at radius 2 is 2.05 bits per heavy atom. The van der Waals surface area contributed by atoms with Crippen molar-refractivity contribution in [3.8, 4) is 0 Å². The van der Waals surface area contributed by atoms with E-state index in [9.17, 15) is 14.4 Å². The number of benzene rings is 1. The molecule has 0 unspecified atom stereocenters. The number of nitrogens with zero attached hydrogens (tertiary/aromatic N) is 1. The first-order valence-electron chi connectivity index (χ1n) is 7.06. The molecule has 1 aliphatic rings. The SMILES string of the molecule is CCCNC(=O)CN1C(=O)N[C@@](C)(c2ccccc2Cl)C1=O. The van der Waals surface area contributed by atoms with E-state index >= 15 is 0 Å². The van der Waals surface area contributed by atoms with Crippen LogP contribution in [-0.2, 0) is 15.1 Å². The average Bonchev–Trinajstić information content (AvgIpc) is 2.70. The molecule has 1 heterocycles. The average molecular weight is 324 g/mol. The Hall–Kier alpha value is -2.08. The van der Waals surface area contributed by atoms with Crippen molar-refractivity contribution in [3.05, 3.63) is 34.9 Å². The number of hydrogen-bond donors (Lipinski definition) is 2. The molecular weight excluding hydrogens is 306 g/mol. The Morgan fingerprint density at radius 3 is 2.68 bits per heavy atom. The van der Waals surface area contributed by atoms with Gasteiger partial charge in [0.25, 0.3) is 5.91 Å². The van der Waals surface area contributed by atoms with Crippen LogP contribution in [0.2, 0.25) is 5.02 Å². The highest BCUT2D eigenvalue weighted by atomic mass is 35.5. The monoisotopic (exact) mass is 323 g/mol. The van der Waals surface area contributed by atoms with Gasteiger partial charge >= 0.3 is 6.03 Å². The van der Waals surface area contributed by atoms with Crippen molar-refractivity contribution in [2.75, 3.05) is 13.1 Å². The van der Waals surface area contributed by atoms with Crippen LogP contribution in [0.25, 0.3) is 0 Å². The van der Waals surface area contributed by atoms with Gasteiger partial charge in [0.1, 0.15) is 12.1 Å². The molecule has 0 radical (unpaired) electrons. The first-order chi connectivity index (χ1) is 10.4. The molecule has 1 saturated heterocycles. The van der Waals surface area contributed by atoms with E-state index in [1.807, 2.05) is 6.92 Å². The predicted octanol–water partition coefficient (Wildman–Crippen LogP) is 1.63. The van der Waals surface area contributed by atoms with Gasteiger partial charge in [-0.15, -0.1) is 0 Å². The molecule has 1 atom stereocenters. The van der Waals surface area contributed by atoms with Crippen LogP contribution in [0.15, 0.2) is 24.3 Å². The Kier molecular flexibility index (Phi) is 4.71. The molecule has 0 aliphatic carbocycles. The second-order valence-corrected chi connectivity index (χ2v) is 5.68. The molecule has 1 fully saturated rings. The summed E-state index contributed by atoms with van der Waals surface area (Å²) in [5.41, 5.74) is -0.757. The van der Waals surface area contributed by atoms with Crippen LogP contribution in [0.5, 0.6) is 0 Å². The Morgan fingerprint density at radius 1 is 1.36 bits per heavy atom. The van der Waals surface area contributed by atoms with E-state index in [4.69, 9.17) is 11.6 Å². The molecule has 4 amide bonds. The number of carbonyl (C=O) groups excluding carboxylic acids is 3. The van der Waals surface area contributed by atoms with Crippen molar-refractivity contribution in [2.24, 2.45) is 0 Å². The number of nitrogens with one attached hydrogen (secondary N) is 2. The summed E-state index contributed by atoms with van der Waals surface area (Å²) in [6.07, 6.45) is 0.781. The number of urea groups is 1. The van der Waals surface area contributed by atoms with Gasteiger partial charge in [0.15, 0.2) is 0 Å². The standard InChI is InChI=1S/C15H18ClN3O3/c1-3-8-17-12(20)9-19-13(21)15(2,18-14(19)22)10-6-4-5-7-11(10)16/h4-7H,3,8-9H2,1-2H3,(H,17,20)(H,18,22)/t15-/m0/s1. The molecule has 2 rings (SSSR count). The molecule has 2 N–H and O–H groups in total. The van der Waals surface area contributed by atoms with E-state index in [0.717, 1.165) is 11.3 Å². The minimum Gasteiger partial charge on any atom is -0.355 e. The van der Waals surface area contributed by atoms with Gasteiger partial charge in [-0.1, -0.05) is 36.7 Å². The molecule has 0 saturated carbocycles. The van der Waals surface area contributed by atoms with Crippen LogP contribution in [-0.4, -0.2) is 35.8 Å². The summed E-state index contributed by atoms with van der Waals surface area (Å²) < 4.78 is 0. The number of amides is 4. The van der Waals surface area contributed by atoms with Gasteiger partial charge in [-0.25, -0.2) is 4.79 Å². The van der Waals surface area contributed by atoms with Gasteiger partial charge < -0.3 is 10.6 Å². The lowest BCUT2D eigenvalue weighted by Crippen LogP contribution is -2.43. The number of carbonyl (C=O) groups is 3. The fourth-order valence-electron chi connectivity index (χ4n) is 2.35. The summed E-state index contributed by atoms with van der Waals surface area (Å²) >= 11 is 6.13. The Labute approximate surface area is 133 Å². The van der Waals surface area contributed by atoms with E-state index in [-0.39, 0.29) is 12.5 Å². The van der Waals surface area contributed by atoms with E-state index in [1.165, 1.54) is 0 Å². The normalized spacial score (nSPS) is 21.0. The molecule has 118 valence electrons. The summed E-state index contributed by atoms with van der Waals surface area (Å²) in [4.78, 5) is 37.3. The third kappa shape index (κ3) is 2.92. The first kappa shape index (κ1) is 16.3. The van der Waals surface area contributed by atoms with Gasteiger partial charge in [0.05, 0.1) is 0 Å². The molecule has 1 aromatic rings. The Bertz CT molecular complexity index is 620. The van der Waals surface area contributed by atoms with Crippen molar-refractivity contribution in [3.63, 3.8) is 0 Å². The van der Waals surface area contributed by atoms with Crippen LogP contribution in [0.3, 0.4) is 0 Å². The van der Waals surface area contributed by atoms with Crippen LogP contribution >= 0.6 is 11.6 Å². The molecule has 1 aromatic carbocycles. The zero-order chi connectivity index (χ0) is 16.3. The van der Waals surface area contributed by atoms with E-state index in [1.54, 1.807) is 31.2 Å². The van der Waals surface area contributed by atoms with Crippen LogP contribution < -0.4 is 10.6 Å². The maximum Gasteiger partial charge on any atom is 0.325 e. The summed E-state index contributed by atoms with van der Waals surface area (Å²) in [5, 5.41) is 5.65. The third-order valence-electron chi connectivity index (χ3n) is 3.56. The van der Waals surface area contributed by atoms with Crippen LogP contribution in [0.4, 0.5) is 4.79 Å². The van der Waals surface area contributed by atoms with Crippen molar-refractivity contribution in [1.82, 2.24) is 15.5 Å². The zero-order valence-electron chi connectivity index (χ0n) is 12.5. The van der Waals surface area contributed by atoms with Crippen molar-refractivity contribution in [2.45, 2.75) is 25.8 Å². The number of imide groups is 1. The molecule has 22 heavy (non-hydrogen) atoms. The minimum atomic E-state index is -1.26. The number of halogens is 1. The van der Waals surface area contributed by atoms with Gasteiger partial charge in [0.2, 0.25) is 5.91 Å². The van der Waals surface area contributed by atoms with Gasteiger partial charge in [-0.2, -0.15) is 0 Å². The maximum atomic E-state index is 12.6. The van der Waals surface area contributed by atoms with Crippen LogP contribution in [0, 0.1) is 0 Å². The highest BCUT2D eigenvalue weighted by Crippen LogP contribution is 2.33. The molecule has 6 nitrogen and oxygen atoms in total. The molecule has 0 aromatic heterocycles. The second kappa shape index (κ2) is 6.36. The fourth-order valence-corrected chi connectivity index (χ4v) is 2.68. The maximum absolute atomic E-state index is 12.6. The Balaban J connectivity index is 2.21. The van der Waals surface area contributed by atoms with Crippen molar-refractivity contribution < 1.29 is 14.4 Å². The number of rotatable bonds is 5. The van der Waals surface area contributed by atoms with Gasteiger partial charge in [0, 0.05) is 17.1 Å². The van der Waals surface area contributed by atoms with Crippen molar-refractivity contribution in [1.29, 1.82) is 0 Å².